The minimum absolute atomic E-state index is 0.744. The summed E-state index contributed by atoms with van der Waals surface area (Å²) in [6, 6.07) is 11.9. The molecule has 0 atom stereocenters. The van der Waals surface area contributed by atoms with E-state index in [4.69, 9.17) is 4.74 Å². The van der Waals surface area contributed by atoms with Gasteiger partial charge in [-0.15, -0.1) is 0 Å². The molecule has 1 heterocycles. The molecule has 0 radical (unpaired) electrons. The van der Waals surface area contributed by atoms with Crippen LogP contribution in [0.4, 0.5) is 5.69 Å². The standard InChI is InChI=1S/C13H14N2O/c1-16-13-5-3-2-4-11(13)10-15-12-6-8-14-9-7-12/h2-9H,10H2,1H3,(H,14,15). The van der Waals surface area contributed by atoms with Gasteiger partial charge in [0.05, 0.1) is 7.11 Å². The third kappa shape index (κ3) is 2.51. The minimum atomic E-state index is 0.744. The molecule has 82 valence electrons. The molecule has 2 aromatic rings. The number of ether oxygens (including phenoxy) is 1. The first kappa shape index (κ1) is 10.5. The third-order valence-electron chi connectivity index (χ3n) is 2.36. The highest BCUT2D eigenvalue weighted by molar-refractivity contribution is 5.43. The van der Waals surface area contributed by atoms with E-state index < -0.39 is 0 Å². The lowest BCUT2D eigenvalue weighted by atomic mass is 10.2. The van der Waals surface area contributed by atoms with Gasteiger partial charge in [-0.3, -0.25) is 4.98 Å². The number of nitrogens with one attached hydrogen (secondary N) is 1. The van der Waals surface area contributed by atoms with E-state index in [1.807, 2.05) is 36.4 Å². The van der Waals surface area contributed by atoms with Crippen LogP contribution in [0.15, 0.2) is 48.8 Å². The van der Waals surface area contributed by atoms with Crippen molar-refractivity contribution in [2.45, 2.75) is 6.54 Å². The zero-order valence-corrected chi connectivity index (χ0v) is 9.18. The Morgan fingerprint density at radius 3 is 2.62 bits per heavy atom. The Labute approximate surface area is 95.1 Å². The van der Waals surface area contributed by atoms with Gasteiger partial charge in [-0.2, -0.15) is 0 Å². The van der Waals surface area contributed by atoms with Crippen molar-refractivity contribution in [1.29, 1.82) is 0 Å². The summed E-state index contributed by atoms with van der Waals surface area (Å²) < 4.78 is 5.28. The summed E-state index contributed by atoms with van der Waals surface area (Å²) in [4.78, 5) is 3.97. The second-order valence-electron chi connectivity index (χ2n) is 3.40. The lowest BCUT2D eigenvalue weighted by Gasteiger charge is -2.09. The topological polar surface area (TPSA) is 34.1 Å². The molecule has 0 saturated carbocycles. The number of methoxy groups -OCH3 is 1. The molecule has 0 unspecified atom stereocenters. The summed E-state index contributed by atoms with van der Waals surface area (Å²) >= 11 is 0. The summed E-state index contributed by atoms with van der Waals surface area (Å²) in [5.41, 5.74) is 2.20. The average Bonchev–Trinajstić information content (AvgIpc) is 2.38. The van der Waals surface area contributed by atoms with Crippen molar-refractivity contribution < 1.29 is 4.74 Å². The normalized spacial score (nSPS) is 9.81. The van der Waals surface area contributed by atoms with E-state index in [-0.39, 0.29) is 0 Å². The number of benzene rings is 1. The van der Waals surface area contributed by atoms with Gasteiger partial charge < -0.3 is 10.1 Å². The van der Waals surface area contributed by atoms with Crippen LogP contribution in [0.2, 0.25) is 0 Å². The predicted molar refractivity (Wildman–Crippen MR) is 64.6 cm³/mol. The fourth-order valence-corrected chi connectivity index (χ4v) is 1.52. The number of aromatic nitrogens is 1. The number of rotatable bonds is 4. The molecule has 1 N–H and O–H groups in total. The zero-order chi connectivity index (χ0) is 11.2. The van der Waals surface area contributed by atoms with Crippen molar-refractivity contribution in [3.05, 3.63) is 54.4 Å². The van der Waals surface area contributed by atoms with Gasteiger partial charge in [0.2, 0.25) is 0 Å². The van der Waals surface area contributed by atoms with Gasteiger partial charge in [-0.1, -0.05) is 18.2 Å². The lowest BCUT2D eigenvalue weighted by Crippen LogP contribution is -2.01. The Morgan fingerprint density at radius 1 is 1.12 bits per heavy atom. The van der Waals surface area contributed by atoms with Crippen LogP contribution in [-0.2, 0) is 6.54 Å². The number of hydrogen-bond donors (Lipinski definition) is 1. The Kier molecular flexibility index (Phi) is 3.38. The molecule has 0 aliphatic heterocycles. The van der Waals surface area contributed by atoms with E-state index >= 15 is 0 Å². The maximum absolute atomic E-state index is 5.28. The highest BCUT2D eigenvalue weighted by Crippen LogP contribution is 2.18. The van der Waals surface area contributed by atoms with Crippen molar-refractivity contribution in [3.63, 3.8) is 0 Å². The fourth-order valence-electron chi connectivity index (χ4n) is 1.52. The number of para-hydroxylation sites is 1. The maximum atomic E-state index is 5.28. The molecular formula is C13H14N2O. The van der Waals surface area contributed by atoms with E-state index in [0.29, 0.717) is 0 Å². The summed E-state index contributed by atoms with van der Waals surface area (Å²) in [7, 11) is 1.69. The van der Waals surface area contributed by atoms with Crippen LogP contribution in [0.25, 0.3) is 0 Å². The number of nitrogens with zero attached hydrogens (tertiary/aromatic N) is 1. The van der Waals surface area contributed by atoms with Gasteiger partial charge in [0.25, 0.3) is 0 Å². The van der Waals surface area contributed by atoms with Crippen LogP contribution in [0, 0.1) is 0 Å². The monoisotopic (exact) mass is 214 g/mol. The van der Waals surface area contributed by atoms with Gasteiger partial charge >= 0.3 is 0 Å². The molecule has 0 spiro atoms. The van der Waals surface area contributed by atoms with Gasteiger partial charge in [-0.05, 0) is 18.2 Å². The highest BCUT2D eigenvalue weighted by atomic mass is 16.5. The second kappa shape index (κ2) is 5.16. The molecule has 16 heavy (non-hydrogen) atoms. The van der Waals surface area contributed by atoms with Gasteiger partial charge in [-0.25, -0.2) is 0 Å². The summed E-state index contributed by atoms with van der Waals surface area (Å²) in [5, 5.41) is 3.32. The molecule has 0 saturated heterocycles. The molecule has 1 aromatic carbocycles. The van der Waals surface area contributed by atoms with Crippen molar-refractivity contribution >= 4 is 5.69 Å². The molecular weight excluding hydrogens is 200 g/mol. The van der Waals surface area contributed by atoms with Crippen LogP contribution in [-0.4, -0.2) is 12.1 Å². The Morgan fingerprint density at radius 2 is 1.88 bits per heavy atom. The van der Waals surface area contributed by atoms with Crippen molar-refractivity contribution in [3.8, 4) is 5.75 Å². The molecule has 3 heteroatoms. The van der Waals surface area contributed by atoms with Gasteiger partial charge in [0.15, 0.2) is 0 Å². The Bertz CT molecular complexity index is 443. The molecule has 1 aromatic heterocycles. The SMILES string of the molecule is COc1ccccc1CNc1ccncc1. The number of anilines is 1. The zero-order valence-electron chi connectivity index (χ0n) is 9.18. The largest absolute Gasteiger partial charge is 0.496 e. The smallest absolute Gasteiger partial charge is 0.123 e. The summed E-state index contributed by atoms with van der Waals surface area (Å²) in [5.74, 6) is 0.907. The van der Waals surface area contributed by atoms with Crippen molar-refractivity contribution in [1.82, 2.24) is 4.98 Å². The molecule has 3 nitrogen and oxygen atoms in total. The summed E-state index contributed by atoms with van der Waals surface area (Å²) in [6.07, 6.45) is 3.54. The minimum Gasteiger partial charge on any atom is -0.496 e. The van der Waals surface area contributed by atoms with Gasteiger partial charge in [0, 0.05) is 30.2 Å². The first-order valence-corrected chi connectivity index (χ1v) is 5.16. The van der Waals surface area contributed by atoms with E-state index in [0.717, 1.165) is 23.5 Å². The first-order valence-electron chi connectivity index (χ1n) is 5.16. The third-order valence-corrected chi connectivity index (χ3v) is 2.36. The molecule has 0 aliphatic rings. The maximum Gasteiger partial charge on any atom is 0.123 e. The van der Waals surface area contributed by atoms with Crippen molar-refractivity contribution in [2.75, 3.05) is 12.4 Å². The van der Waals surface area contributed by atoms with E-state index in [1.165, 1.54) is 0 Å². The Balaban J connectivity index is 2.05. The molecule has 0 amide bonds. The van der Waals surface area contributed by atoms with Gasteiger partial charge in [0.1, 0.15) is 5.75 Å². The highest BCUT2D eigenvalue weighted by Gasteiger charge is 2.00. The number of pyridine rings is 1. The van der Waals surface area contributed by atoms with E-state index in [2.05, 4.69) is 10.3 Å². The van der Waals surface area contributed by atoms with E-state index in [9.17, 15) is 0 Å². The van der Waals surface area contributed by atoms with Crippen LogP contribution in [0.5, 0.6) is 5.75 Å². The average molecular weight is 214 g/mol. The molecule has 0 bridgehead atoms. The second-order valence-corrected chi connectivity index (χ2v) is 3.40. The van der Waals surface area contributed by atoms with Crippen LogP contribution >= 0.6 is 0 Å². The van der Waals surface area contributed by atoms with E-state index in [1.54, 1.807) is 19.5 Å². The fraction of sp³-hybridized carbons (Fsp3) is 0.154. The Hall–Kier alpha value is -2.03. The number of hydrogen-bond acceptors (Lipinski definition) is 3. The quantitative estimate of drug-likeness (QED) is 0.849. The molecule has 0 aliphatic carbocycles. The van der Waals surface area contributed by atoms with Crippen molar-refractivity contribution in [2.24, 2.45) is 0 Å². The van der Waals surface area contributed by atoms with Crippen LogP contribution in [0.1, 0.15) is 5.56 Å². The predicted octanol–water partition coefficient (Wildman–Crippen LogP) is 2.70. The van der Waals surface area contributed by atoms with Crippen LogP contribution in [0.3, 0.4) is 0 Å². The molecule has 2 rings (SSSR count). The lowest BCUT2D eigenvalue weighted by molar-refractivity contribution is 0.410. The first-order chi connectivity index (χ1) is 7.90. The molecule has 0 fully saturated rings. The van der Waals surface area contributed by atoms with Crippen LogP contribution < -0.4 is 10.1 Å². The summed E-state index contributed by atoms with van der Waals surface area (Å²) in [6.45, 7) is 0.744.